The summed E-state index contributed by atoms with van der Waals surface area (Å²) in [5, 5.41) is 3.25. The van der Waals surface area contributed by atoms with Crippen LogP contribution in [0.25, 0.3) is 0 Å². The number of nitrogens with zero attached hydrogens (tertiary/aromatic N) is 2. The van der Waals surface area contributed by atoms with Crippen molar-refractivity contribution in [3.05, 3.63) is 88.9 Å². The highest BCUT2D eigenvalue weighted by atomic mass is 79.9. The zero-order chi connectivity index (χ0) is 23.4. The van der Waals surface area contributed by atoms with Crippen LogP contribution in [0.4, 0.5) is 11.4 Å². The van der Waals surface area contributed by atoms with Crippen molar-refractivity contribution in [2.45, 2.75) is 19.0 Å². The lowest BCUT2D eigenvalue weighted by atomic mass is 10.1. The topological polar surface area (TPSA) is 61.9 Å². The van der Waals surface area contributed by atoms with Crippen LogP contribution in [0.2, 0.25) is 0 Å². The molecule has 0 saturated carbocycles. The third-order valence-corrected chi connectivity index (χ3v) is 6.30. The standard InChI is InChI=1S/C25H22BrN3O3S/c1-32-21-13-7-17(8-14-21)16-28-22(15-23(30)27-19-11-9-18(26)10-12-19)24(31)29(25(28)33)20-5-3-2-4-6-20/h2-14,22H,15-16H2,1H3,(H,27,30)/t22-/m0/s1. The van der Waals surface area contributed by atoms with Gasteiger partial charge in [0.05, 0.1) is 19.2 Å². The maximum atomic E-state index is 13.4. The van der Waals surface area contributed by atoms with Gasteiger partial charge in [0, 0.05) is 16.7 Å². The molecule has 168 valence electrons. The molecule has 4 rings (SSSR count). The van der Waals surface area contributed by atoms with Crippen molar-refractivity contribution in [1.82, 2.24) is 4.90 Å². The molecule has 2 amide bonds. The van der Waals surface area contributed by atoms with Gasteiger partial charge in [0.15, 0.2) is 5.11 Å². The van der Waals surface area contributed by atoms with E-state index in [9.17, 15) is 9.59 Å². The molecule has 0 aromatic heterocycles. The number of methoxy groups -OCH3 is 1. The number of rotatable bonds is 7. The normalized spacial score (nSPS) is 15.6. The number of amides is 2. The zero-order valence-electron chi connectivity index (χ0n) is 17.9. The van der Waals surface area contributed by atoms with E-state index in [-0.39, 0.29) is 18.2 Å². The van der Waals surface area contributed by atoms with Gasteiger partial charge in [0.2, 0.25) is 5.91 Å². The molecule has 0 aliphatic carbocycles. The fourth-order valence-electron chi connectivity index (χ4n) is 3.68. The quantitative estimate of drug-likeness (QED) is 0.442. The second-order valence-electron chi connectivity index (χ2n) is 7.54. The van der Waals surface area contributed by atoms with Crippen molar-refractivity contribution in [2.75, 3.05) is 17.3 Å². The minimum Gasteiger partial charge on any atom is -0.497 e. The highest BCUT2D eigenvalue weighted by Gasteiger charge is 2.44. The Morgan fingerprint density at radius 2 is 1.70 bits per heavy atom. The van der Waals surface area contributed by atoms with Crippen molar-refractivity contribution < 1.29 is 14.3 Å². The van der Waals surface area contributed by atoms with Crippen molar-refractivity contribution >= 4 is 56.4 Å². The predicted molar refractivity (Wildman–Crippen MR) is 136 cm³/mol. The van der Waals surface area contributed by atoms with Gasteiger partial charge in [-0.15, -0.1) is 0 Å². The van der Waals surface area contributed by atoms with Crippen LogP contribution in [0.15, 0.2) is 83.3 Å². The summed E-state index contributed by atoms with van der Waals surface area (Å²) in [5.41, 5.74) is 2.31. The first-order valence-electron chi connectivity index (χ1n) is 10.3. The SMILES string of the molecule is COc1ccc(CN2C(=S)N(c3ccccc3)C(=O)[C@@H]2CC(=O)Nc2ccc(Br)cc2)cc1. The van der Waals surface area contributed by atoms with E-state index in [0.717, 1.165) is 15.8 Å². The molecule has 0 bridgehead atoms. The van der Waals surface area contributed by atoms with E-state index in [1.54, 1.807) is 19.2 Å². The van der Waals surface area contributed by atoms with Crippen LogP contribution in [0, 0.1) is 0 Å². The van der Waals surface area contributed by atoms with E-state index >= 15 is 0 Å². The average molecular weight is 524 g/mol. The molecule has 3 aromatic carbocycles. The highest BCUT2D eigenvalue weighted by molar-refractivity contribution is 9.10. The summed E-state index contributed by atoms with van der Waals surface area (Å²) in [5.74, 6) is 0.272. The highest BCUT2D eigenvalue weighted by Crippen LogP contribution is 2.29. The second-order valence-corrected chi connectivity index (χ2v) is 8.82. The van der Waals surface area contributed by atoms with Gasteiger partial charge in [-0.1, -0.05) is 46.3 Å². The van der Waals surface area contributed by atoms with Crippen molar-refractivity contribution in [3.8, 4) is 5.75 Å². The number of hydrogen-bond donors (Lipinski definition) is 1. The van der Waals surface area contributed by atoms with Crippen molar-refractivity contribution in [1.29, 1.82) is 0 Å². The predicted octanol–water partition coefficient (Wildman–Crippen LogP) is 4.99. The number of thiocarbonyl (C=S) groups is 1. The van der Waals surface area contributed by atoms with E-state index in [0.29, 0.717) is 23.0 Å². The number of halogens is 1. The van der Waals surface area contributed by atoms with Gasteiger partial charge >= 0.3 is 0 Å². The van der Waals surface area contributed by atoms with Crippen LogP contribution in [0.3, 0.4) is 0 Å². The number of ether oxygens (including phenoxy) is 1. The molecule has 1 fully saturated rings. The number of anilines is 2. The maximum absolute atomic E-state index is 13.4. The lowest BCUT2D eigenvalue weighted by Crippen LogP contribution is -2.37. The van der Waals surface area contributed by atoms with Crippen LogP contribution in [-0.2, 0) is 16.1 Å². The lowest BCUT2D eigenvalue weighted by molar-refractivity contribution is -0.124. The van der Waals surface area contributed by atoms with Crippen molar-refractivity contribution in [2.24, 2.45) is 0 Å². The molecular weight excluding hydrogens is 502 g/mol. The number of nitrogens with one attached hydrogen (secondary N) is 1. The third kappa shape index (κ3) is 5.23. The summed E-state index contributed by atoms with van der Waals surface area (Å²) < 4.78 is 6.15. The molecule has 6 nitrogen and oxygen atoms in total. The summed E-state index contributed by atoms with van der Waals surface area (Å²) in [4.78, 5) is 29.6. The Morgan fingerprint density at radius 3 is 2.33 bits per heavy atom. The summed E-state index contributed by atoms with van der Waals surface area (Å²) in [7, 11) is 1.61. The molecule has 1 atom stereocenters. The molecule has 0 spiro atoms. The van der Waals surface area contributed by atoms with Crippen LogP contribution in [-0.4, -0.2) is 35.0 Å². The second kappa shape index (κ2) is 10.1. The Bertz CT molecular complexity index is 1150. The van der Waals surface area contributed by atoms with Gasteiger partial charge in [0.25, 0.3) is 5.91 Å². The van der Waals surface area contributed by atoms with Crippen LogP contribution in [0.5, 0.6) is 5.75 Å². The molecule has 3 aromatic rings. The Kier molecular flexibility index (Phi) is 7.05. The van der Waals surface area contributed by atoms with Gasteiger partial charge in [-0.2, -0.15) is 0 Å². The molecule has 0 radical (unpaired) electrons. The minimum absolute atomic E-state index is 0.0193. The molecule has 1 aliphatic rings. The van der Waals surface area contributed by atoms with Crippen LogP contribution >= 0.6 is 28.1 Å². The fourth-order valence-corrected chi connectivity index (χ4v) is 4.33. The Morgan fingerprint density at radius 1 is 1.03 bits per heavy atom. The first kappa shape index (κ1) is 22.9. The van der Waals surface area contributed by atoms with E-state index in [4.69, 9.17) is 17.0 Å². The fraction of sp³-hybridized carbons (Fsp3) is 0.160. The van der Waals surface area contributed by atoms with Gasteiger partial charge in [-0.05, 0) is 66.3 Å². The van der Waals surface area contributed by atoms with Gasteiger partial charge in [-0.3, -0.25) is 14.5 Å². The number of carbonyl (C=O) groups excluding carboxylic acids is 2. The summed E-state index contributed by atoms with van der Waals surface area (Å²) >= 11 is 9.09. The third-order valence-electron chi connectivity index (χ3n) is 5.35. The maximum Gasteiger partial charge on any atom is 0.256 e. The molecule has 8 heteroatoms. The van der Waals surface area contributed by atoms with Crippen molar-refractivity contribution in [3.63, 3.8) is 0 Å². The van der Waals surface area contributed by atoms with E-state index in [1.807, 2.05) is 71.6 Å². The minimum atomic E-state index is -0.713. The molecule has 1 heterocycles. The lowest BCUT2D eigenvalue weighted by Gasteiger charge is -2.24. The van der Waals surface area contributed by atoms with Crippen LogP contribution in [0.1, 0.15) is 12.0 Å². The molecule has 0 unspecified atom stereocenters. The summed E-state index contributed by atoms with van der Waals surface area (Å²) in [6.45, 7) is 0.397. The van der Waals surface area contributed by atoms with Gasteiger partial charge in [-0.25, -0.2) is 0 Å². The van der Waals surface area contributed by atoms with E-state index in [2.05, 4.69) is 21.2 Å². The van der Waals surface area contributed by atoms with Crippen LogP contribution < -0.4 is 15.0 Å². The van der Waals surface area contributed by atoms with E-state index < -0.39 is 6.04 Å². The number of carbonyl (C=O) groups is 2. The zero-order valence-corrected chi connectivity index (χ0v) is 20.3. The first-order valence-corrected chi connectivity index (χ1v) is 11.5. The van der Waals surface area contributed by atoms with Gasteiger partial charge < -0.3 is 15.0 Å². The van der Waals surface area contributed by atoms with E-state index in [1.165, 1.54) is 4.90 Å². The first-order chi connectivity index (χ1) is 16.0. The number of para-hydroxylation sites is 1. The monoisotopic (exact) mass is 523 g/mol. The summed E-state index contributed by atoms with van der Waals surface area (Å²) in [6.07, 6.45) is -0.0193. The molecular formula is C25H22BrN3O3S. The number of hydrogen-bond acceptors (Lipinski definition) is 4. The average Bonchev–Trinajstić information content (AvgIpc) is 3.05. The molecule has 1 aliphatic heterocycles. The largest absolute Gasteiger partial charge is 0.497 e. The molecule has 33 heavy (non-hydrogen) atoms. The smallest absolute Gasteiger partial charge is 0.256 e. The Balaban J connectivity index is 1.58. The molecule has 1 saturated heterocycles. The molecule has 1 N–H and O–H groups in total. The van der Waals surface area contributed by atoms with Gasteiger partial charge in [0.1, 0.15) is 11.8 Å². The Labute approximate surface area is 206 Å². The Hall–Kier alpha value is -3.23. The number of benzene rings is 3. The summed E-state index contributed by atoms with van der Waals surface area (Å²) in [6, 6.07) is 23.4.